The van der Waals surface area contributed by atoms with Crippen LogP contribution >= 0.6 is 0 Å². The van der Waals surface area contributed by atoms with Crippen LogP contribution in [0.25, 0.3) is 11.0 Å². The van der Waals surface area contributed by atoms with E-state index >= 15 is 0 Å². The van der Waals surface area contributed by atoms with Crippen LogP contribution in [0.3, 0.4) is 0 Å². The number of amides is 1. The highest BCUT2D eigenvalue weighted by Gasteiger charge is 2.19. The molecule has 1 aromatic carbocycles. The monoisotopic (exact) mass is 390 g/mol. The molecule has 0 spiro atoms. The van der Waals surface area contributed by atoms with E-state index in [2.05, 4.69) is 10.2 Å². The molecule has 28 heavy (non-hydrogen) atoms. The molecule has 154 valence electrons. The van der Waals surface area contributed by atoms with Gasteiger partial charge < -0.3 is 15.2 Å². The maximum absolute atomic E-state index is 13.0. The predicted molar refractivity (Wildman–Crippen MR) is 108 cm³/mol. The molecule has 8 heteroatoms. The topological polar surface area (TPSA) is 88.7 Å². The summed E-state index contributed by atoms with van der Waals surface area (Å²) in [5.41, 5.74) is 1.08. The van der Waals surface area contributed by atoms with Crippen molar-refractivity contribution in [2.75, 3.05) is 46.0 Å². The van der Waals surface area contributed by atoms with Gasteiger partial charge in [-0.15, -0.1) is 0 Å². The Morgan fingerprint density at radius 2 is 1.93 bits per heavy atom. The maximum atomic E-state index is 13.0. The van der Waals surface area contributed by atoms with E-state index in [9.17, 15) is 9.59 Å². The lowest BCUT2D eigenvalue weighted by Crippen LogP contribution is -2.41. The number of carbonyl (C=O) groups excluding carboxylic acids is 1. The highest BCUT2D eigenvalue weighted by molar-refractivity contribution is 5.89. The first-order chi connectivity index (χ1) is 13.6. The Hall–Kier alpha value is -2.16. The summed E-state index contributed by atoms with van der Waals surface area (Å²) in [5.74, 6) is 0.210. The van der Waals surface area contributed by atoms with E-state index in [4.69, 9.17) is 9.84 Å². The molecule has 1 aliphatic heterocycles. The Bertz CT molecular complexity index is 838. The minimum absolute atomic E-state index is 0.143. The molecule has 8 nitrogen and oxygen atoms in total. The van der Waals surface area contributed by atoms with Gasteiger partial charge in [-0.3, -0.25) is 9.47 Å². The molecule has 1 aromatic heterocycles. The van der Waals surface area contributed by atoms with Crippen molar-refractivity contribution in [1.29, 1.82) is 0 Å². The van der Waals surface area contributed by atoms with E-state index in [0.29, 0.717) is 31.8 Å². The predicted octanol–water partition coefficient (Wildman–Crippen LogP) is 1.10. The number of hydrogen-bond acceptors (Lipinski definition) is 5. The lowest BCUT2D eigenvalue weighted by molar-refractivity contribution is 0.0364. The number of ether oxygens (including phenoxy) is 1. The lowest BCUT2D eigenvalue weighted by atomic mass is 10.1. The summed E-state index contributed by atoms with van der Waals surface area (Å²) in [4.78, 5) is 27.9. The molecule has 1 fully saturated rings. The molecule has 1 atom stereocenters. The van der Waals surface area contributed by atoms with Crippen LogP contribution in [-0.4, -0.2) is 71.2 Å². The van der Waals surface area contributed by atoms with E-state index in [1.165, 1.54) is 4.57 Å². The van der Waals surface area contributed by atoms with Crippen LogP contribution in [0.4, 0.5) is 4.79 Å². The third kappa shape index (κ3) is 4.81. The average Bonchev–Trinajstić information content (AvgIpc) is 3.01. The minimum atomic E-state index is -0.400. The molecule has 0 bridgehead atoms. The number of nitrogens with zero attached hydrogens (tertiary/aromatic N) is 3. The quantitative estimate of drug-likeness (QED) is 0.659. The van der Waals surface area contributed by atoms with Crippen molar-refractivity contribution >= 4 is 17.1 Å². The Labute approximate surface area is 164 Å². The highest BCUT2D eigenvalue weighted by Crippen LogP contribution is 2.13. The van der Waals surface area contributed by atoms with E-state index in [1.54, 1.807) is 10.6 Å². The molecular weight excluding hydrogens is 360 g/mol. The van der Waals surface area contributed by atoms with Gasteiger partial charge in [0.1, 0.15) is 0 Å². The number of morpholine rings is 1. The second-order valence-electron chi connectivity index (χ2n) is 7.37. The first-order valence-electron chi connectivity index (χ1n) is 10.0. The Morgan fingerprint density at radius 3 is 2.64 bits per heavy atom. The van der Waals surface area contributed by atoms with Crippen molar-refractivity contribution in [1.82, 2.24) is 19.4 Å². The zero-order valence-corrected chi connectivity index (χ0v) is 16.5. The van der Waals surface area contributed by atoms with Gasteiger partial charge in [0.05, 0.1) is 24.2 Å². The first-order valence-corrected chi connectivity index (χ1v) is 10.0. The van der Waals surface area contributed by atoms with Crippen molar-refractivity contribution in [2.24, 2.45) is 5.92 Å². The van der Waals surface area contributed by atoms with Crippen LogP contribution in [0, 0.1) is 5.92 Å². The number of rotatable bonds is 8. The molecular formula is C20H30N4O4. The Balaban J connectivity index is 1.72. The van der Waals surface area contributed by atoms with Gasteiger partial charge in [0.15, 0.2) is 0 Å². The van der Waals surface area contributed by atoms with Gasteiger partial charge in [0, 0.05) is 39.3 Å². The summed E-state index contributed by atoms with van der Waals surface area (Å²) < 4.78 is 8.27. The zero-order valence-electron chi connectivity index (χ0n) is 16.5. The smallest absolute Gasteiger partial charge is 0.337 e. The fourth-order valence-corrected chi connectivity index (χ4v) is 3.50. The van der Waals surface area contributed by atoms with Crippen LogP contribution in [0.2, 0.25) is 0 Å². The van der Waals surface area contributed by atoms with Crippen LogP contribution in [-0.2, 0) is 11.3 Å². The molecule has 2 heterocycles. The molecule has 1 saturated heterocycles. The molecule has 1 amide bonds. The lowest BCUT2D eigenvalue weighted by Gasteiger charge is -2.26. The molecule has 1 unspecified atom stereocenters. The molecule has 3 rings (SSSR count). The number of aliphatic hydroxyl groups is 1. The van der Waals surface area contributed by atoms with E-state index < -0.39 is 6.03 Å². The van der Waals surface area contributed by atoms with E-state index in [-0.39, 0.29) is 18.2 Å². The van der Waals surface area contributed by atoms with Gasteiger partial charge in [-0.2, -0.15) is 0 Å². The second kappa shape index (κ2) is 9.86. The van der Waals surface area contributed by atoms with E-state index in [1.807, 2.05) is 25.1 Å². The maximum Gasteiger partial charge on any atom is 0.337 e. The highest BCUT2D eigenvalue weighted by atomic mass is 16.5. The summed E-state index contributed by atoms with van der Waals surface area (Å²) in [6, 6.07) is 6.99. The summed E-state index contributed by atoms with van der Waals surface area (Å²) >= 11 is 0. The van der Waals surface area contributed by atoms with Crippen LogP contribution in [0.15, 0.2) is 29.1 Å². The number of benzene rings is 1. The molecule has 2 N–H and O–H groups in total. The SMILES string of the molecule is CC(CO)CCCNC(=O)n1c(=O)n(CCN2CCOCC2)c2ccccc21. The van der Waals surface area contributed by atoms with Crippen molar-refractivity contribution in [3.8, 4) is 0 Å². The number of carbonyl (C=O) groups is 1. The standard InChI is InChI=1S/C20H30N4O4/c1-16(15-25)5-4-8-21-19(26)24-18-7-3-2-6-17(18)23(20(24)27)10-9-22-11-13-28-14-12-22/h2-3,6-7,16,25H,4-5,8-15H2,1H3,(H,21,26). The van der Waals surface area contributed by atoms with Crippen LogP contribution < -0.4 is 11.0 Å². The third-order valence-electron chi connectivity index (χ3n) is 5.24. The van der Waals surface area contributed by atoms with Gasteiger partial charge in [-0.25, -0.2) is 14.2 Å². The van der Waals surface area contributed by atoms with Crippen molar-refractivity contribution in [3.05, 3.63) is 34.7 Å². The van der Waals surface area contributed by atoms with Crippen molar-refractivity contribution < 1.29 is 14.6 Å². The fraction of sp³-hybridized carbons (Fsp3) is 0.600. The number of fused-ring (bicyclic) bond motifs is 1. The Kier molecular flexibility index (Phi) is 7.24. The van der Waals surface area contributed by atoms with Gasteiger partial charge >= 0.3 is 11.7 Å². The molecule has 0 aliphatic carbocycles. The molecule has 0 saturated carbocycles. The number of aliphatic hydroxyl groups excluding tert-OH is 1. The average molecular weight is 390 g/mol. The third-order valence-corrected chi connectivity index (χ3v) is 5.24. The number of nitrogens with one attached hydrogen (secondary N) is 1. The van der Waals surface area contributed by atoms with Gasteiger partial charge in [0.2, 0.25) is 0 Å². The van der Waals surface area contributed by atoms with E-state index in [0.717, 1.165) is 38.0 Å². The Morgan fingerprint density at radius 1 is 1.21 bits per heavy atom. The summed E-state index contributed by atoms with van der Waals surface area (Å²) in [6.45, 7) is 7.02. The molecule has 1 aliphatic rings. The van der Waals surface area contributed by atoms with Gasteiger partial charge in [-0.1, -0.05) is 19.1 Å². The van der Waals surface area contributed by atoms with Crippen molar-refractivity contribution in [3.63, 3.8) is 0 Å². The first kappa shape index (κ1) is 20.6. The van der Waals surface area contributed by atoms with Crippen LogP contribution in [0.1, 0.15) is 19.8 Å². The zero-order chi connectivity index (χ0) is 19.9. The van der Waals surface area contributed by atoms with Gasteiger partial charge in [0.25, 0.3) is 0 Å². The summed E-state index contributed by atoms with van der Waals surface area (Å²) in [5, 5.41) is 11.9. The van der Waals surface area contributed by atoms with Crippen LogP contribution in [0.5, 0.6) is 0 Å². The number of imidazole rings is 1. The number of para-hydroxylation sites is 2. The minimum Gasteiger partial charge on any atom is -0.396 e. The number of aromatic nitrogens is 2. The largest absolute Gasteiger partial charge is 0.396 e. The summed E-state index contributed by atoms with van der Waals surface area (Å²) in [7, 11) is 0. The fourth-order valence-electron chi connectivity index (χ4n) is 3.50. The molecule has 0 radical (unpaired) electrons. The normalized spacial score (nSPS) is 16.4. The summed E-state index contributed by atoms with van der Waals surface area (Å²) in [6.07, 6.45) is 1.59. The number of hydrogen-bond donors (Lipinski definition) is 2. The second-order valence-corrected chi connectivity index (χ2v) is 7.37. The van der Waals surface area contributed by atoms with Gasteiger partial charge in [-0.05, 0) is 30.9 Å². The molecule has 2 aromatic rings. The van der Waals surface area contributed by atoms with Crippen molar-refractivity contribution in [2.45, 2.75) is 26.3 Å².